The summed E-state index contributed by atoms with van der Waals surface area (Å²) in [5.74, 6) is 1.85. The number of aromatic nitrogens is 3. The molecule has 2 aliphatic carbocycles. The van der Waals surface area contributed by atoms with E-state index >= 15 is 0 Å². The van der Waals surface area contributed by atoms with E-state index in [1.807, 2.05) is 12.1 Å². The molecule has 0 bridgehead atoms. The number of hydrogen-bond donors (Lipinski definition) is 1. The van der Waals surface area contributed by atoms with Crippen molar-refractivity contribution in [2.45, 2.75) is 63.8 Å². The Hall–Kier alpha value is -2.47. The predicted octanol–water partition coefficient (Wildman–Crippen LogP) is 6.12. The molecule has 4 aromatic rings. The molecule has 4 heterocycles. The first-order valence-electron chi connectivity index (χ1n) is 10.8. The Labute approximate surface area is 173 Å². The maximum atomic E-state index is 5.73. The van der Waals surface area contributed by atoms with E-state index in [0.29, 0.717) is 6.04 Å². The van der Waals surface area contributed by atoms with Gasteiger partial charge in [0.1, 0.15) is 22.7 Å². The van der Waals surface area contributed by atoms with Crippen LogP contribution in [0, 0.1) is 0 Å². The zero-order valence-electron chi connectivity index (χ0n) is 16.4. The predicted molar refractivity (Wildman–Crippen MR) is 118 cm³/mol. The Morgan fingerprint density at radius 2 is 1.86 bits per heavy atom. The summed E-state index contributed by atoms with van der Waals surface area (Å²) in [5, 5.41) is 4.96. The first kappa shape index (κ1) is 17.4. The third-order valence-electron chi connectivity index (χ3n) is 6.42. The lowest BCUT2D eigenvalue weighted by molar-refractivity contribution is 0.462. The summed E-state index contributed by atoms with van der Waals surface area (Å²) in [7, 11) is 0. The van der Waals surface area contributed by atoms with Crippen LogP contribution in [0.1, 0.15) is 56.1 Å². The smallest absolute Gasteiger partial charge is 0.152 e. The number of fused-ring (bicyclic) bond motifs is 5. The van der Waals surface area contributed by atoms with Crippen LogP contribution in [0.3, 0.4) is 0 Å². The number of aryl methyl sites for hydroxylation is 1. The lowest BCUT2D eigenvalue weighted by atomic mass is 9.88. The van der Waals surface area contributed by atoms with Crippen molar-refractivity contribution < 1.29 is 4.42 Å². The summed E-state index contributed by atoms with van der Waals surface area (Å²) in [4.78, 5) is 15.5. The van der Waals surface area contributed by atoms with Crippen LogP contribution >= 0.6 is 11.3 Å². The van der Waals surface area contributed by atoms with Gasteiger partial charge in [-0.3, -0.25) is 0 Å². The first-order chi connectivity index (χ1) is 14.4. The van der Waals surface area contributed by atoms with E-state index in [-0.39, 0.29) is 0 Å². The fourth-order valence-corrected chi connectivity index (χ4v) is 6.13. The Balaban J connectivity index is 1.55. The number of anilines is 1. The van der Waals surface area contributed by atoms with E-state index in [2.05, 4.69) is 10.3 Å². The van der Waals surface area contributed by atoms with Crippen molar-refractivity contribution in [3.05, 3.63) is 35.9 Å². The molecule has 1 saturated carbocycles. The molecule has 0 spiro atoms. The molecule has 5 nitrogen and oxygen atoms in total. The number of nitrogens with one attached hydrogen (secondary N) is 1. The highest BCUT2D eigenvalue weighted by molar-refractivity contribution is 7.26. The minimum atomic E-state index is 0.521. The fourth-order valence-electron chi connectivity index (χ4n) is 5.02. The molecule has 1 fully saturated rings. The Morgan fingerprint density at radius 3 is 2.69 bits per heavy atom. The van der Waals surface area contributed by atoms with Crippen molar-refractivity contribution in [2.75, 3.05) is 5.32 Å². The number of pyridine rings is 1. The van der Waals surface area contributed by atoms with Gasteiger partial charge in [-0.25, -0.2) is 15.0 Å². The van der Waals surface area contributed by atoms with Gasteiger partial charge < -0.3 is 9.73 Å². The molecule has 4 aromatic heterocycles. The number of furan rings is 1. The van der Waals surface area contributed by atoms with Crippen molar-refractivity contribution in [3.8, 4) is 11.5 Å². The largest absolute Gasteiger partial charge is 0.463 e. The molecule has 0 unspecified atom stereocenters. The average Bonchev–Trinajstić information content (AvgIpc) is 3.42. The molecule has 0 saturated heterocycles. The molecule has 6 rings (SSSR count). The maximum Gasteiger partial charge on any atom is 0.152 e. The van der Waals surface area contributed by atoms with Crippen LogP contribution < -0.4 is 5.32 Å². The number of thiophene rings is 1. The van der Waals surface area contributed by atoms with Gasteiger partial charge in [-0.2, -0.15) is 0 Å². The van der Waals surface area contributed by atoms with E-state index in [0.717, 1.165) is 45.2 Å². The standard InChI is InChI=1S/C23H24N4OS/c1-2-7-14(8-3-1)26-22-21-20(24-13-25-22)18-15-9-4-5-10-16(15)19(27-23(18)29-21)17-11-6-12-28-17/h6,11-14H,1-5,7-10H2,(H,24,25,26). The van der Waals surface area contributed by atoms with Gasteiger partial charge in [0.05, 0.1) is 16.5 Å². The Bertz CT molecular complexity index is 1170. The van der Waals surface area contributed by atoms with Crippen LogP contribution in [0.5, 0.6) is 0 Å². The van der Waals surface area contributed by atoms with E-state index in [9.17, 15) is 0 Å². The van der Waals surface area contributed by atoms with Gasteiger partial charge in [-0.1, -0.05) is 19.3 Å². The van der Waals surface area contributed by atoms with E-state index in [1.165, 1.54) is 61.5 Å². The highest BCUT2D eigenvalue weighted by Crippen LogP contribution is 2.43. The second kappa shape index (κ2) is 7.10. The zero-order chi connectivity index (χ0) is 19.2. The molecule has 0 aliphatic heterocycles. The lowest BCUT2D eigenvalue weighted by Crippen LogP contribution is -2.22. The second-order valence-corrected chi connectivity index (χ2v) is 9.26. The SMILES string of the molecule is c1coc(-c2nc3sc4c(NC5CCCCC5)ncnc4c3c3c2CCCC3)c1. The zero-order valence-corrected chi connectivity index (χ0v) is 17.2. The van der Waals surface area contributed by atoms with Gasteiger partial charge in [0.25, 0.3) is 0 Å². The molecule has 29 heavy (non-hydrogen) atoms. The summed E-state index contributed by atoms with van der Waals surface area (Å²) in [6, 6.07) is 4.48. The normalized spacial score (nSPS) is 17.7. The Kier molecular flexibility index (Phi) is 4.26. The minimum absolute atomic E-state index is 0.521. The van der Waals surface area contributed by atoms with Crippen LogP contribution in [0.4, 0.5) is 5.82 Å². The second-order valence-electron chi connectivity index (χ2n) is 8.26. The maximum absolute atomic E-state index is 5.73. The van der Waals surface area contributed by atoms with Crippen LogP contribution in [-0.4, -0.2) is 21.0 Å². The van der Waals surface area contributed by atoms with E-state index < -0.39 is 0 Å². The van der Waals surface area contributed by atoms with Gasteiger partial charge in [0, 0.05) is 11.4 Å². The van der Waals surface area contributed by atoms with Crippen LogP contribution in [-0.2, 0) is 12.8 Å². The van der Waals surface area contributed by atoms with Crippen molar-refractivity contribution >= 4 is 37.6 Å². The summed E-state index contributed by atoms with van der Waals surface area (Å²) in [6.45, 7) is 0. The van der Waals surface area contributed by atoms with Crippen molar-refractivity contribution in [3.63, 3.8) is 0 Å². The average molecular weight is 405 g/mol. The molecule has 0 aromatic carbocycles. The van der Waals surface area contributed by atoms with Crippen LogP contribution in [0.2, 0.25) is 0 Å². The van der Waals surface area contributed by atoms with E-state index in [1.54, 1.807) is 23.9 Å². The number of nitrogens with zero attached hydrogens (tertiary/aromatic N) is 3. The highest BCUT2D eigenvalue weighted by atomic mass is 32.1. The number of rotatable bonds is 3. The molecular formula is C23H24N4OS. The lowest BCUT2D eigenvalue weighted by Gasteiger charge is -2.23. The third kappa shape index (κ3) is 2.92. The van der Waals surface area contributed by atoms with Crippen LogP contribution in [0.15, 0.2) is 29.1 Å². The Morgan fingerprint density at radius 1 is 1.00 bits per heavy atom. The molecule has 6 heteroatoms. The fraction of sp³-hybridized carbons (Fsp3) is 0.435. The summed E-state index contributed by atoms with van der Waals surface area (Å²) in [6.07, 6.45) is 14.4. The summed E-state index contributed by atoms with van der Waals surface area (Å²) < 4.78 is 6.88. The summed E-state index contributed by atoms with van der Waals surface area (Å²) in [5.41, 5.74) is 4.84. The quantitative estimate of drug-likeness (QED) is 0.445. The molecule has 2 aliphatic rings. The van der Waals surface area contributed by atoms with E-state index in [4.69, 9.17) is 14.4 Å². The molecular weight excluding hydrogens is 380 g/mol. The molecule has 0 radical (unpaired) electrons. The topological polar surface area (TPSA) is 63.8 Å². The highest BCUT2D eigenvalue weighted by Gasteiger charge is 2.25. The molecule has 148 valence electrons. The summed E-state index contributed by atoms with van der Waals surface area (Å²) >= 11 is 1.72. The van der Waals surface area contributed by atoms with Crippen molar-refractivity contribution in [1.82, 2.24) is 15.0 Å². The van der Waals surface area contributed by atoms with Gasteiger partial charge in [-0.15, -0.1) is 11.3 Å². The monoisotopic (exact) mass is 404 g/mol. The number of hydrogen-bond acceptors (Lipinski definition) is 6. The van der Waals surface area contributed by atoms with Gasteiger partial charge in [-0.05, 0) is 61.8 Å². The third-order valence-corrected chi connectivity index (χ3v) is 7.50. The van der Waals surface area contributed by atoms with Crippen LogP contribution in [0.25, 0.3) is 31.9 Å². The van der Waals surface area contributed by atoms with Gasteiger partial charge in [0.2, 0.25) is 0 Å². The van der Waals surface area contributed by atoms with Crippen molar-refractivity contribution in [2.24, 2.45) is 0 Å². The molecule has 0 atom stereocenters. The minimum Gasteiger partial charge on any atom is -0.463 e. The molecule has 0 amide bonds. The van der Waals surface area contributed by atoms with Gasteiger partial charge in [0.15, 0.2) is 5.76 Å². The molecule has 1 N–H and O–H groups in total. The van der Waals surface area contributed by atoms with Crippen molar-refractivity contribution in [1.29, 1.82) is 0 Å². The first-order valence-corrected chi connectivity index (χ1v) is 11.6. The van der Waals surface area contributed by atoms with Gasteiger partial charge >= 0.3 is 0 Å².